The van der Waals surface area contributed by atoms with Crippen molar-refractivity contribution in [2.24, 2.45) is 5.84 Å². The summed E-state index contributed by atoms with van der Waals surface area (Å²) in [5.41, 5.74) is 3.13. The molecule has 3 N–H and O–H groups in total. The van der Waals surface area contributed by atoms with E-state index in [1.165, 1.54) is 0 Å². The van der Waals surface area contributed by atoms with Gasteiger partial charge in [-0.3, -0.25) is 10.2 Å². The maximum Gasteiger partial charge on any atom is 0.256 e. The number of ether oxygens (including phenoxy) is 1. The highest BCUT2D eigenvalue weighted by Gasteiger charge is 2.16. The van der Waals surface area contributed by atoms with E-state index in [0.29, 0.717) is 0 Å². The number of nitrogens with one attached hydrogen (secondary N) is 1. The van der Waals surface area contributed by atoms with Crippen molar-refractivity contribution in [3.63, 3.8) is 0 Å². The van der Waals surface area contributed by atoms with Gasteiger partial charge in [-0.05, 0) is 39.0 Å². The number of hydrogen-bond acceptors (Lipinski definition) is 3. The van der Waals surface area contributed by atoms with Crippen LogP contribution in [0.25, 0.3) is 10.9 Å². The van der Waals surface area contributed by atoms with E-state index in [2.05, 4.69) is 5.43 Å². The molecule has 1 aromatic carbocycles. The van der Waals surface area contributed by atoms with Crippen LogP contribution >= 0.6 is 0 Å². The Hall–Kier alpha value is -2.01. The standard InChI is InChI=1S/C14H19N3O2/c1-9(2)19-13-6-4-5-12-11(13)7-8-17(12)10(3)14(18)16-15/h4-10H,15H2,1-3H3,(H,16,18). The smallest absolute Gasteiger partial charge is 0.256 e. The Kier molecular flexibility index (Phi) is 3.76. The van der Waals surface area contributed by atoms with Crippen LogP contribution in [0.2, 0.25) is 0 Å². The van der Waals surface area contributed by atoms with Gasteiger partial charge in [0, 0.05) is 11.6 Å². The number of fused-ring (bicyclic) bond motifs is 1. The van der Waals surface area contributed by atoms with E-state index in [1.807, 2.05) is 48.9 Å². The molecule has 0 radical (unpaired) electrons. The number of carbonyl (C=O) groups is 1. The highest BCUT2D eigenvalue weighted by Crippen LogP contribution is 2.29. The predicted octanol–water partition coefficient (Wildman–Crippen LogP) is 1.98. The fraction of sp³-hybridized carbons (Fsp3) is 0.357. The third kappa shape index (κ3) is 2.56. The van der Waals surface area contributed by atoms with Crippen LogP contribution in [-0.4, -0.2) is 16.6 Å². The van der Waals surface area contributed by atoms with Crippen molar-refractivity contribution in [2.45, 2.75) is 32.9 Å². The second kappa shape index (κ2) is 5.32. The van der Waals surface area contributed by atoms with Crippen molar-refractivity contribution in [3.05, 3.63) is 30.5 Å². The summed E-state index contributed by atoms with van der Waals surface area (Å²) in [6, 6.07) is 7.40. The normalized spacial score (nSPS) is 12.7. The Balaban J connectivity index is 2.46. The molecule has 2 aromatic rings. The number of benzene rings is 1. The first-order valence-electron chi connectivity index (χ1n) is 6.31. The fourth-order valence-electron chi connectivity index (χ4n) is 2.10. The van der Waals surface area contributed by atoms with Crippen LogP contribution in [0.3, 0.4) is 0 Å². The van der Waals surface area contributed by atoms with Crippen molar-refractivity contribution in [2.75, 3.05) is 0 Å². The molecular weight excluding hydrogens is 242 g/mol. The number of carbonyl (C=O) groups excluding carboxylic acids is 1. The van der Waals surface area contributed by atoms with Gasteiger partial charge in [0.25, 0.3) is 5.91 Å². The van der Waals surface area contributed by atoms with Gasteiger partial charge in [-0.1, -0.05) is 6.07 Å². The number of nitrogens with two attached hydrogens (primary N) is 1. The zero-order valence-corrected chi connectivity index (χ0v) is 11.4. The monoisotopic (exact) mass is 261 g/mol. The lowest BCUT2D eigenvalue weighted by Gasteiger charge is -2.14. The van der Waals surface area contributed by atoms with Crippen LogP contribution in [0.5, 0.6) is 5.75 Å². The van der Waals surface area contributed by atoms with Crippen LogP contribution in [0, 0.1) is 0 Å². The SMILES string of the molecule is CC(C)Oc1cccc2c1ccn2C(C)C(=O)NN. The summed E-state index contributed by atoms with van der Waals surface area (Å²) in [6.45, 7) is 5.78. The highest BCUT2D eigenvalue weighted by atomic mass is 16.5. The van der Waals surface area contributed by atoms with Gasteiger partial charge < -0.3 is 9.30 Å². The quantitative estimate of drug-likeness (QED) is 0.502. The van der Waals surface area contributed by atoms with Gasteiger partial charge in [0.1, 0.15) is 11.8 Å². The van der Waals surface area contributed by atoms with Crippen LogP contribution in [0.15, 0.2) is 30.5 Å². The second-order valence-corrected chi connectivity index (χ2v) is 4.76. The van der Waals surface area contributed by atoms with Gasteiger partial charge in [-0.2, -0.15) is 0 Å². The summed E-state index contributed by atoms with van der Waals surface area (Å²) >= 11 is 0. The molecule has 5 nitrogen and oxygen atoms in total. The number of rotatable bonds is 4. The van der Waals surface area contributed by atoms with Crippen LogP contribution in [-0.2, 0) is 4.79 Å². The molecule has 0 aliphatic rings. The van der Waals surface area contributed by atoms with Gasteiger partial charge >= 0.3 is 0 Å². The number of aromatic nitrogens is 1. The van der Waals surface area contributed by atoms with Crippen molar-refractivity contribution < 1.29 is 9.53 Å². The first kappa shape index (κ1) is 13.4. The molecule has 0 spiro atoms. The molecule has 19 heavy (non-hydrogen) atoms. The summed E-state index contributed by atoms with van der Waals surface area (Å²) in [4.78, 5) is 11.6. The van der Waals surface area contributed by atoms with Crippen LogP contribution in [0.1, 0.15) is 26.8 Å². The maximum absolute atomic E-state index is 11.6. The summed E-state index contributed by atoms with van der Waals surface area (Å²) in [7, 11) is 0. The molecule has 0 aliphatic carbocycles. The van der Waals surface area contributed by atoms with Crippen LogP contribution < -0.4 is 16.0 Å². The summed E-state index contributed by atoms with van der Waals surface area (Å²) < 4.78 is 7.65. The molecule has 0 saturated heterocycles. The third-order valence-electron chi connectivity index (χ3n) is 3.02. The summed E-state index contributed by atoms with van der Waals surface area (Å²) in [6.07, 6.45) is 1.98. The number of hydrazine groups is 1. The van der Waals surface area contributed by atoms with E-state index in [9.17, 15) is 4.79 Å². The van der Waals surface area contributed by atoms with Crippen molar-refractivity contribution in [1.82, 2.24) is 9.99 Å². The molecule has 5 heteroatoms. The zero-order valence-electron chi connectivity index (χ0n) is 11.4. The molecule has 1 atom stereocenters. The number of hydrogen-bond donors (Lipinski definition) is 2. The Morgan fingerprint density at radius 2 is 2.05 bits per heavy atom. The molecule has 1 amide bonds. The lowest BCUT2D eigenvalue weighted by molar-refractivity contribution is -0.123. The lowest BCUT2D eigenvalue weighted by atomic mass is 10.2. The van der Waals surface area contributed by atoms with E-state index >= 15 is 0 Å². The van der Waals surface area contributed by atoms with Gasteiger partial charge in [-0.25, -0.2) is 5.84 Å². The van der Waals surface area contributed by atoms with Crippen LogP contribution in [0.4, 0.5) is 0 Å². The van der Waals surface area contributed by atoms with Gasteiger partial charge in [-0.15, -0.1) is 0 Å². The minimum absolute atomic E-state index is 0.110. The molecule has 1 unspecified atom stereocenters. The second-order valence-electron chi connectivity index (χ2n) is 4.76. The topological polar surface area (TPSA) is 69.3 Å². The number of amides is 1. The van der Waals surface area contributed by atoms with E-state index in [1.54, 1.807) is 6.92 Å². The average Bonchev–Trinajstić information content (AvgIpc) is 2.81. The van der Waals surface area contributed by atoms with Crippen molar-refractivity contribution >= 4 is 16.8 Å². The maximum atomic E-state index is 11.6. The molecular formula is C14H19N3O2. The van der Waals surface area contributed by atoms with Crippen molar-refractivity contribution in [3.8, 4) is 5.75 Å². The van der Waals surface area contributed by atoms with Crippen molar-refractivity contribution in [1.29, 1.82) is 0 Å². The van der Waals surface area contributed by atoms with E-state index in [-0.39, 0.29) is 18.1 Å². The van der Waals surface area contributed by atoms with Gasteiger partial charge in [0.05, 0.1) is 11.6 Å². The Bertz CT molecular complexity index is 589. The minimum atomic E-state index is -0.364. The van der Waals surface area contributed by atoms with E-state index in [4.69, 9.17) is 10.6 Å². The highest BCUT2D eigenvalue weighted by molar-refractivity contribution is 5.89. The Morgan fingerprint density at radius 1 is 1.32 bits per heavy atom. The first-order chi connectivity index (χ1) is 9.04. The molecule has 0 saturated carbocycles. The molecule has 0 bridgehead atoms. The minimum Gasteiger partial charge on any atom is -0.490 e. The predicted molar refractivity (Wildman–Crippen MR) is 74.7 cm³/mol. The number of nitrogens with zero attached hydrogens (tertiary/aromatic N) is 1. The average molecular weight is 261 g/mol. The molecule has 102 valence electrons. The van der Waals surface area contributed by atoms with E-state index < -0.39 is 0 Å². The Morgan fingerprint density at radius 3 is 2.68 bits per heavy atom. The zero-order chi connectivity index (χ0) is 14.0. The van der Waals surface area contributed by atoms with Gasteiger partial charge in [0.15, 0.2) is 0 Å². The Labute approximate surface area is 112 Å². The molecule has 0 fully saturated rings. The molecule has 0 aliphatic heterocycles. The molecule has 1 aromatic heterocycles. The lowest BCUT2D eigenvalue weighted by Crippen LogP contribution is -2.35. The largest absolute Gasteiger partial charge is 0.490 e. The first-order valence-corrected chi connectivity index (χ1v) is 6.31. The summed E-state index contributed by atoms with van der Waals surface area (Å²) in [5.74, 6) is 5.78. The third-order valence-corrected chi connectivity index (χ3v) is 3.02. The summed E-state index contributed by atoms with van der Waals surface area (Å²) in [5, 5.41) is 0.993. The molecule has 2 rings (SSSR count). The molecule has 1 heterocycles. The fourth-order valence-corrected chi connectivity index (χ4v) is 2.10. The van der Waals surface area contributed by atoms with Gasteiger partial charge in [0.2, 0.25) is 0 Å². The van der Waals surface area contributed by atoms with E-state index in [0.717, 1.165) is 16.7 Å².